The van der Waals surface area contributed by atoms with Gasteiger partial charge in [-0.25, -0.2) is 0 Å². The summed E-state index contributed by atoms with van der Waals surface area (Å²) in [5, 5.41) is 25.6. The average molecular weight is 771 g/mol. The molecule has 1 aromatic heterocycles. The van der Waals surface area contributed by atoms with Crippen LogP contribution in [0.15, 0.2) is 54.7 Å². The topological polar surface area (TPSA) is 139 Å². The Morgan fingerprint density at radius 3 is 1.90 bits per heavy atom. The maximum absolute atomic E-state index is 15.2. The summed E-state index contributed by atoms with van der Waals surface area (Å²) in [6.45, 7) is -0.860. The number of hydrogen-bond acceptors (Lipinski definition) is 11. The van der Waals surface area contributed by atoms with Gasteiger partial charge in [0, 0.05) is 62.5 Å². The Morgan fingerprint density at radius 1 is 0.725 bits per heavy atom. The molecule has 4 aliphatic rings. The molecule has 7 rings (SSSR count). The number of carbonyl (C=O) groups excluding carboxylic acids is 4. The monoisotopic (exact) mass is 770 g/mol. The Balaban J connectivity index is 1.49. The second kappa shape index (κ2) is 12.3. The molecule has 16 heteroatoms. The molecule has 4 aliphatic heterocycles. The summed E-state index contributed by atoms with van der Waals surface area (Å²) in [7, 11) is 4.78. The number of piperazine rings is 2. The number of fused-ring (bicyclic) bond motifs is 6. The van der Waals surface area contributed by atoms with Crippen LogP contribution < -0.4 is 5.32 Å². The first-order valence-corrected chi connectivity index (χ1v) is 21.3. The summed E-state index contributed by atoms with van der Waals surface area (Å²) in [4.78, 5) is 58.6. The Morgan fingerprint density at radius 2 is 1.27 bits per heavy atom. The van der Waals surface area contributed by atoms with Crippen LogP contribution in [0.3, 0.4) is 0 Å². The fourth-order valence-corrected chi connectivity index (χ4v) is 13.0. The van der Waals surface area contributed by atoms with Crippen molar-refractivity contribution >= 4 is 87.3 Å². The fourth-order valence-electron chi connectivity index (χ4n) is 9.09. The molecule has 0 spiro atoms. The van der Waals surface area contributed by atoms with E-state index in [1.54, 1.807) is 38.6 Å². The number of hydrogen-bond donors (Lipinski definition) is 3. The third-order valence-electron chi connectivity index (χ3n) is 11.9. The quantitative estimate of drug-likeness (QED) is 0.296. The third kappa shape index (κ3) is 4.06. The van der Waals surface area contributed by atoms with Crippen molar-refractivity contribution in [3.05, 3.63) is 65.9 Å². The third-order valence-corrected chi connectivity index (χ3v) is 16.9. The van der Waals surface area contributed by atoms with Gasteiger partial charge in [-0.2, -0.15) is 0 Å². The molecule has 6 atom stereocenters. The van der Waals surface area contributed by atoms with E-state index in [1.807, 2.05) is 67.2 Å². The van der Waals surface area contributed by atoms with E-state index in [-0.39, 0.29) is 36.6 Å². The normalized spacial score (nSPS) is 33.2. The molecule has 2 aromatic carbocycles. The lowest BCUT2D eigenvalue weighted by molar-refractivity contribution is -0.166. The zero-order chi connectivity index (χ0) is 36.9. The van der Waals surface area contributed by atoms with Crippen LogP contribution in [0.4, 0.5) is 5.69 Å². The molecular weight excluding hydrogens is 729 g/mol. The van der Waals surface area contributed by atoms with Crippen LogP contribution in [0, 0.1) is 0 Å². The maximum Gasteiger partial charge on any atom is 0.263 e. The zero-order valence-electron chi connectivity index (χ0n) is 29.5. The van der Waals surface area contributed by atoms with Crippen LogP contribution >= 0.6 is 47.0 Å². The van der Waals surface area contributed by atoms with Gasteiger partial charge in [0.1, 0.15) is 5.54 Å². The standard InChI is InChI=1S/C35H42N6O6S4/c1-37-28(45)32(19-42,49-5)38(2)27(44)31(37,48-4)16-21-17-40(25-15-11-8-12-22(21)25)34-23-13-9-10-14-24(23)36-26(34)18-41-29(46)33(20-43,50-6)39(3)30(47)35(34,41)51-7/h8-15,17,26,36,42-43H,16,18-20H2,1-7H3/t26-,31+,32+,33+,34+,35-/m1/s1. The van der Waals surface area contributed by atoms with E-state index in [4.69, 9.17) is 0 Å². The van der Waals surface area contributed by atoms with Gasteiger partial charge in [-0.15, -0.1) is 47.0 Å². The summed E-state index contributed by atoms with van der Waals surface area (Å²) in [6.07, 6.45) is 9.24. The number of carbonyl (C=O) groups is 4. The van der Waals surface area contributed by atoms with Crippen molar-refractivity contribution in [2.24, 2.45) is 0 Å². The Kier molecular flexibility index (Phi) is 8.74. The molecule has 12 nitrogen and oxygen atoms in total. The van der Waals surface area contributed by atoms with Crippen molar-refractivity contribution < 1.29 is 29.4 Å². The zero-order valence-corrected chi connectivity index (χ0v) is 32.8. The van der Waals surface area contributed by atoms with Gasteiger partial charge in [0.25, 0.3) is 23.6 Å². The number of thioether (sulfide) groups is 4. The van der Waals surface area contributed by atoms with Crippen molar-refractivity contribution in [2.75, 3.05) is 71.2 Å². The van der Waals surface area contributed by atoms with Crippen LogP contribution in [0.1, 0.15) is 11.1 Å². The van der Waals surface area contributed by atoms with Crippen molar-refractivity contribution in [1.82, 2.24) is 24.2 Å². The number of anilines is 1. The number of benzene rings is 2. The highest BCUT2D eigenvalue weighted by molar-refractivity contribution is 8.02. The number of amides is 4. The van der Waals surface area contributed by atoms with Crippen LogP contribution in [-0.4, -0.2) is 149 Å². The Hall–Kier alpha value is -3.02. The van der Waals surface area contributed by atoms with Crippen LogP contribution in [-0.2, 0) is 31.1 Å². The second-order valence-corrected chi connectivity index (χ2v) is 17.6. The molecule has 0 aliphatic carbocycles. The SMILES string of the molecule is CS[C@@]1(CO)C(=O)N(C)[C@@](Cc2cn([C@@]34c5ccccc5N[C@@H]3CN3C(=O)[C@](CO)(SC)N(C)C(=O)[C@]34SC)c3ccccc23)(SC)C(=O)N1C. The highest BCUT2D eigenvalue weighted by atomic mass is 32.2. The summed E-state index contributed by atoms with van der Waals surface area (Å²) >= 11 is 4.88. The predicted molar refractivity (Wildman–Crippen MR) is 206 cm³/mol. The van der Waals surface area contributed by atoms with Gasteiger partial charge in [0.05, 0.1) is 19.3 Å². The highest BCUT2D eigenvalue weighted by Crippen LogP contribution is 2.63. The number of nitrogens with zero attached hydrogens (tertiary/aromatic N) is 5. The molecule has 4 amide bonds. The van der Waals surface area contributed by atoms with Gasteiger partial charge in [0.15, 0.2) is 19.5 Å². The van der Waals surface area contributed by atoms with Crippen molar-refractivity contribution in [3.8, 4) is 0 Å². The summed E-state index contributed by atoms with van der Waals surface area (Å²) in [6, 6.07) is 15.2. The van der Waals surface area contributed by atoms with Crippen molar-refractivity contribution in [3.63, 3.8) is 0 Å². The number of para-hydroxylation sites is 2. The molecule has 3 N–H and O–H groups in total. The van der Waals surface area contributed by atoms with Crippen molar-refractivity contribution in [2.45, 2.75) is 37.5 Å². The Bertz CT molecular complexity index is 1970. The van der Waals surface area contributed by atoms with Crippen LogP contribution in [0.2, 0.25) is 0 Å². The minimum absolute atomic E-state index is 0.141. The van der Waals surface area contributed by atoms with Gasteiger partial charge in [-0.3, -0.25) is 19.2 Å². The lowest BCUT2D eigenvalue weighted by Gasteiger charge is -2.56. The Labute approximate surface area is 314 Å². The van der Waals surface area contributed by atoms with E-state index in [2.05, 4.69) is 9.88 Å². The molecule has 0 saturated carbocycles. The van der Waals surface area contributed by atoms with E-state index < -0.39 is 44.3 Å². The largest absolute Gasteiger partial charge is 0.392 e. The molecule has 3 fully saturated rings. The molecule has 51 heavy (non-hydrogen) atoms. The van der Waals surface area contributed by atoms with Crippen LogP contribution in [0.5, 0.6) is 0 Å². The van der Waals surface area contributed by atoms with Crippen molar-refractivity contribution in [1.29, 1.82) is 0 Å². The number of likely N-dealkylation sites (N-methyl/N-ethyl adjacent to an activating group) is 3. The smallest absolute Gasteiger partial charge is 0.263 e. The summed E-state index contributed by atoms with van der Waals surface area (Å²) in [5.74, 6) is -1.31. The highest BCUT2D eigenvalue weighted by Gasteiger charge is 2.78. The summed E-state index contributed by atoms with van der Waals surface area (Å²) in [5.41, 5.74) is 2.12. The predicted octanol–water partition coefficient (Wildman–Crippen LogP) is 2.19. The van der Waals surface area contributed by atoms with E-state index in [9.17, 15) is 24.6 Å². The minimum Gasteiger partial charge on any atom is -0.392 e. The molecule has 0 unspecified atom stereocenters. The number of nitrogens with one attached hydrogen (secondary N) is 1. The molecule has 272 valence electrons. The molecule has 5 heterocycles. The molecular formula is C35H42N6O6S4. The number of aromatic nitrogens is 1. The van der Waals surface area contributed by atoms with Gasteiger partial charge >= 0.3 is 0 Å². The van der Waals surface area contributed by atoms with E-state index >= 15 is 4.79 Å². The summed E-state index contributed by atoms with van der Waals surface area (Å²) < 4.78 is 2.12. The van der Waals surface area contributed by atoms with E-state index in [1.165, 1.54) is 38.2 Å². The number of aliphatic hydroxyl groups excluding tert-OH is 2. The first kappa shape index (κ1) is 36.3. The first-order chi connectivity index (χ1) is 24.3. The van der Waals surface area contributed by atoms with Crippen LogP contribution in [0.25, 0.3) is 10.9 Å². The van der Waals surface area contributed by atoms with Gasteiger partial charge < -0.3 is 39.7 Å². The molecule has 3 saturated heterocycles. The average Bonchev–Trinajstić information content (AvgIpc) is 3.78. The number of aliphatic hydroxyl groups is 2. The first-order valence-electron chi connectivity index (χ1n) is 16.4. The minimum atomic E-state index is -1.48. The van der Waals surface area contributed by atoms with Gasteiger partial charge in [-0.05, 0) is 42.7 Å². The molecule has 0 bridgehead atoms. The van der Waals surface area contributed by atoms with Gasteiger partial charge in [-0.1, -0.05) is 36.4 Å². The lowest BCUT2D eigenvalue weighted by Crippen LogP contribution is -2.77. The van der Waals surface area contributed by atoms with E-state index in [0.29, 0.717) is 0 Å². The maximum atomic E-state index is 15.2. The fraction of sp³-hybridized carbons (Fsp3) is 0.486. The molecule has 3 aromatic rings. The lowest BCUT2D eigenvalue weighted by atomic mass is 9.79. The second-order valence-electron chi connectivity index (χ2n) is 13.4. The number of rotatable bonds is 9. The van der Waals surface area contributed by atoms with Gasteiger partial charge in [0.2, 0.25) is 0 Å². The molecule has 0 radical (unpaired) electrons. The van der Waals surface area contributed by atoms with E-state index in [0.717, 1.165) is 51.2 Å².